The molecule has 6 heteroatoms. The standard InChI is InChI=1S/C14H16F3NO2/c15-14(16,17)10-3-5-11(6-4-10)18-13(9-12(19)20)7-1-2-8-13/h3-6,18H,1-2,7-9H2,(H,19,20). The Kier molecular flexibility index (Phi) is 3.92. The zero-order valence-electron chi connectivity index (χ0n) is 10.8. The van der Waals surface area contributed by atoms with Crippen molar-refractivity contribution in [2.45, 2.75) is 43.8 Å². The normalized spacial score (nSPS) is 17.9. The molecule has 0 unspecified atom stereocenters. The third kappa shape index (κ3) is 3.43. The summed E-state index contributed by atoms with van der Waals surface area (Å²) in [4.78, 5) is 10.9. The van der Waals surface area contributed by atoms with Gasteiger partial charge in [0.2, 0.25) is 0 Å². The lowest BCUT2D eigenvalue weighted by atomic mass is 9.92. The van der Waals surface area contributed by atoms with Crippen molar-refractivity contribution < 1.29 is 23.1 Å². The molecular weight excluding hydrogens is 271 g/mol. The Morgan fingerprint density at radius 1 is 1.20 bits per heavy atom. The molecule has 0 atom stereocenters. The number of carbonyl (C=O) groups is 1. The van der Waals surface area contributed by atoms with Crippen molar-refractivity contribution in [2.75, 3.05) is 5.32 Å². The van der Waals surface area contributed by atoms with Crippen molar-refractivity contribution in [3.63, 3.8) is 0 Å². The Morgan fingerprint density at radius 3 is 2.20 bits per heavy atom. The summed E-state index contributed by atoms with van der Waals surface area (Å²) in [5, 5.41) is 12.1. The molecule has 110 valence electrons. The van der Waals surface area contributed by atoms with Crippen LogP contribution in [-0.4, -0.2) is 16.6 Å². The molecule has 0 heterocycles. The second-order valence-electron chi connectivity index (χ2n) is 5.26. The number of alkyl halides is 3. The monoisotopic (exact) mass is 287 g/mol. The molecule has 1 aliphatic rings. The van der Waals surface area contributed by atoms with Gasteiger partial charge in [0.15, 0.2) is 0 Å². The van der Waals surface area contributed by atoms with Crippen LogP contribution < -0.4 is 5.32 Å². The summed E-state index contributed by atoms with van der Waals surface area (Å²) in [6.07, 6.45) is -1.07. The van der Waals surface area contributed by atoms with Crippen LogP contribution in [0.15, 0.2) is 24.3 Å². The van der Waals surface area contributed by atoms with Gasteiger partial charge in [-0.1, -0.05) is 12.8 Å². The van der Waals surface area contributed by atoms with Gasteiger partial charge in [0, 0.05) is 11.2 Å². The topological polar surface area (TPSA) is 49.3 Å². The minimum atomic E-state index is -4.36. The smallest absolute Gasteiger partial charge is 0.416 e. The third-order valence-corrected chi connectivity index (χ3v) is 3.67. The minimum Gasteiger partial charge on any atom is -0.481 e. The molecule has 2 N–H and O–H groups in total. The zero-order valence-corrected chi connectivity index (χ0v) is 10.8. The van der Waals surface area contributed by atoms with Gasteiger partial charge < -0.3 is 10.4 Å². The highest BCUT2D eigenvalue weighted by atomic mass is 19.4. The van der Waals surface area contributed by atoms with Gasteiger partial charge in [-0.25, -0.2) is 0 Å². The Labute approximate surface area is 114 Å². The number of hydrogen-bond acceptors (Lipinski definition) is 2. The number of halogens is 3. The molecule has 0 spiro atoms. The second-order valence-corrected chi connectivity index (χ2v) is 5.26. The van der Waals surface area contributed by atoms with Gasteiger partial charge >= 0.3 is 12.1 Å². The highest BCUT2D eigenvalue weighted by Gasteiger charge is 2.36. The summed E-state index contributed by atoms with van der Waals surface area (Å²) in [5.74, 6) is -0.897. The summed E-state index contributed by atoms with van der Waals surface area (Å²) in [5.41, 5.74) is -0.714. The Balaban J connectivity index is 2.13. The summed E-state index contributed by atoms with van der Waals surface area (Å²) in [6, 6.07) is 4.72. The van der Waals surface area contributed by atoms with Gasteiger partial charge in [0.25, 0.3) is 0 Å². The third-order valence-electron chi connectivity index (χ3n) is 3.67. The molecule has 0 amide bonds. The molecule has 0 aliphatic heterocycles. The average molecular weight is 287 g/mol. The van der Waals surface area contributed by atoms with Gasteiger partial charge in [0.05, 0.1) is 12.0 Å². The van der Waals surface area contributed by atoms with E-state index in [0.29, 0.717) is 5.69 Å². The fourth-order valence-corrected chi connectivity index (χ4v) is 2.74. The van der Waals surface area contributed by atoms with Crippen molar-refractivity contribution in [1.29, 1.82) is 0 Å². The van der Waals surface area contributed by atoms with Gasteiger partial charge in [-0.05, 0) is 37.1 Å². The van der Waals surface area contributed by atoms with Gasteiger partial charge in [-0.3, -0.25) is 4.79 Å². The van der Waals surface area contributed by atoms with Crippen LogP contribution in [0, 0.1) is 0 Å². The molecule has 0 aromatic heterocycles. The molecule has 2 rings (SSSR count). The Hall–Kier alpha value is -1.72. The highest BCUT2D eigenvalue weighted by Crippen LogP contribution is 2.37. The zero-order chi connectivity index (χ0) is 14.8. The van der Waals surface area contributed by atoms with Gasteiger partial charge in [-0.15, -0.1) is 0 Å². The van der Waals surface area contributed by atoms with E-state index in [4.69, 9.17) is 5.11 Å². The molecule has 0 radical (unpaired) electrons. The largest absolute Gasteiger partial charge is 0.481 e. The molecule has 20 heavy (non-hydrogen) atoms. The summed E-state index contributed by atoms with van der Waals surface area (Å²) < 4.78 is 37.4. The molecule has 1 aromatic rings. The van der Waals surface area contributed by atoms with Crippen LogP contribution in [0.4, 0.5) is 18.9 Å². The van der Waals surface area contributed by atoms with E-state index >= 15 is 0 Å². The second kappa shape index (κ2) is 5.34. The number of carboxylic acid groups (broad SMARTS) is 1. The molecule has 3 nitrogen and oxygen atoms in total. The predicted molar refractivity (Wildman–Crippen MR) is 68.5 cm³/mol. The fraction of sp³-hybridized carbons (Fsp3) is 0.500. The van der Waals surface area contributed by atoms with Crippen molar-refractivity contribution in [1.82, 2.24) is 0 Å². The molecular formula is C14H16F3NO2. The molecule has 0 saturated heterocycles. The van der Waals surface area contributed by atoms with Gasteiger partial charge in [0.1, 0.15) is 0 Å². The predicted octanol–water partition coefficient (Wildman–Crippen LogP) is 3.90. The number of nitrogens with one attached hydrogen (secondary N) is 1. The van der Waals surface area contributed by atoms with Crippen LogP contribution in [-0.2, 0) is 11.0 Å². The lowest BCUT2D eigenvalue weighted by Crippen LogP contribution is -2.37. The van der Waals surface area contributed by atoms with E-state index in [0.717, 1.165) is 37.8 Å². The van der Waals surface area contributed by atoms with E-state index in [2.05, 4.69) is 5.32 Å². The van der Waals surface area contributed by atoms with Crippen molar-refractivity contribution >= 4 is 11.7 Å². The van der Waals surface area contributed by atoms with Crippen molar-refractivity contribution in [2.24, 2.45) is 0 Å². The van der Waals surface area contributed by atoms with E-state index < -0.39 is 23.2 Å². The maximum atomic E-state index is 12.5. The van der Waals surface area contributed by atoms with E-state index in [1.54, 1.807) is 0 Å². The molecule has 1 fully saturated rings. The van der Waals surface area contributed by atoms with E-state index in [1.165, 1.54) is 12.1 Å². The first-order valence-corrected chi connectivity index (χ1v) is 6.48. The first-order valence-electron chi connectivity index (χ1n) is 6.48. The van der Waals surface area contributed by atoms with Crippen molar-refractivity contribution in [3.8, 4) is 0 Å². The molecule has 1 aromatic carbocycles. The van der Waals surface area contributed by atoms with Crippen molar-refractivity contribution in [3.05, 3.63) is 29.8 Å². The maximum Gasteiger partial charge on any atom is 0.416 e. The molecule has 1 aliphatic carbocycles. The number of rotatable bonds is 4. The van der Waals surface area contributed by atoms with Crippen LogP contribution in [0.2, 0.25) is 0 Å². The van der Waals surface area contributed by atoms with E-state index in [9.17, 15) is 18.0 Å². The molecule has 1 saturated carbocycles. The molecule has 0 bridgehead atoms. The van der Waals surface area contributed by atoms with Crippen LogP contribution in [0.1, 0.15) is 37.7 Å². The fourth-order valence-electron chi connectivity index (χ4n) is 2.74. The number of anilines is 1. The Morgan fingerprint density at radius 2 is 1.75 bits per heavy atom. The van der Waals surface area contributed by atoms with Crippen LogP contribution in [0.25, 0.3) is 0 Å². The van der Waals surface area contributed by atoms with E-state index in [1.807, 2.05) is 0 Å². The van der Waals surface area contributed by atoms with Crippen LogP contribution in [0.3, 0.4) is 0 Å². The minimum absolute atomic E-state index is 0.0198. The maximum absolute atomic E-state index is 12.5. The first kappa shape index (κ1) is 14.7. The highest BCUT2D eigenvalue weighted by molar-refractivity contribution is 5.69. The van der Waals surface area contributed by atoms with E-state index in [-0.39, 0.29) is 6.42 Å². The average Bonchev–Trinajstić information content (AvgIpc) is 2.76. The summed E-state index contributed by atoms with van der Waals surface area (Å²) >= 11 is 0. The lowest BCUT2D eigenvalue weighted by molar-refractivity contribution is -0.138. The number of aliphatic carboxylic acids is 1. The van der Waals surface area contributed by atoms with Crippen LogP contribution in [0.5, 0.6) is 0 Å². The number of benzene rings is 1. The van der Waals surface area contributed by atoms with Gasteiger partial charge in [-0.2, -0.15) is 13.2 Å². The number of carboxylic acids is 1. The van der Waals surface area contributed by atoms with Crippen LogP contribution >= 0.6 is 0 Å². The number of hydrogen-bond donors (Lipinski definition) is 2. The SMILES string of the molecule is O=C(O)CC1(Nc2ccc(C(F)(F)F)cc2)CCCC1. The summed E-state index contributed by atoms with van der Waals surface area (Å²) in [6.45, 7) is 0. The quantitative estimate of drug-likeness (QED) is 0.882. The Bertz CT molecular complexity index is 476. The summed E-state index contributed by atoms with van der Waals surface area (Å²) in [7, 11) is 0. The first-order chi connectivity index (χ1) is 9.31. The lowest BCUT2D eigenvalue weighted by Gasteiger charge is -2.30.